The van der Waals surface area contributed by atoms with Gasteiger partial charge in [0.15, 0.2) is 0 Å². The molecule has 0 aromatic carbocycles. The molecular formula is C11H23NO2S. The summed E-state index contributed by atoms with van der Waals surface area (Å²) in [5.41, 5.74) is 0. The minimum Gasteiger partial charge on any atom is -0.389 e. The topological polar surface area (TPSA) is 41.5 Å². The Morgan fingerprint density at radius 3 is 2.60 bits per heavy atom. The predicted molar refractivity (Wildman–Crippen MR) is 65.4 cm³/mol. The average Bonchev–Trinajstić information content (AvgIpc) is 2.51. The number of thioether (sulfide) groups is 1. The number of ether oxygens (including phenoxy) is 1. The van der Waals surface area contributed by atoms with E-state index in [0.717, 1.165) is 11.7 Å². The molecule has 3 nitrogen and oxygen atoms in total. The Labute approximate surface area is 97.0 Å². The van der Waals surface area contributed by atoms with E-state index in [-0.39, 0.29) is 12.1 Å². The number of hydrogen-bond acceptors (Lipinski definition) is 4. The third-order valence-corrected chi connectivity index (χ3v) is 4.01. The van der Waals surface area contributed by atoms with E-state index >= 15 is 0 Å². The molecule has 1 saturated heterocycles. The highest BCUT2D eigenvalue weighted by Gasteiger charge is 2.26. The van der Waals surface area contributed by atoms with Crippen LogP contribution in [0.25, 0.3) is 0 Å². The van der Waals surface area contributed by atoms with Gasteiger partial charge >= 0.3 is 0 Å². The molecule has 3 unspecified atom stereocenters. The Morgan fingerprint density at radius 2 is 2.07 bits per heavy atom. The van der Waals surface area contributed by atoms with Crippen molar-refractivity contribution in [3.63, 3.8) is 0 Å². The third-order valence-electron chi connectivity index (χ3n) is 2.37. The molecule has 90 valence electrons. The van der Waals surface area contributed by atoms with Crippen molar-refractivity contribution in [2.75, 3.05) is 24.7 Å². The van der Waals surface area contributed by atoms with Crippen molar-refractivity contribution in [2.45, 2.75) is 39.0 Å². The van der Waals surface area contributed by atoms with Gasteiger partial charge in [-0.3, -0.25) is 0 Å². The monoisotopic (exact) mass is 233 g/mol. The summed E-state index contributed by atoms with van der Waals surface area (Å²) in [6, 6.07) is 0.565. The Morgan fingerprint density at radius 1 is 1.33 bits per heavy atom. The van der Waals surface area contributed by atoms with E-state index in [1.807, 2.05) is 11.8 Å². The van der Waals surface area contributed by atoms with Crippen LogP contribution in [0.2, 0.25) is 0 Å². The predicted octanol–water partition coefficient (Wildman–Crippen LogP) is 1.11. The molecule has 1 aliphatic rings. The third kappa shape index (κ3) is 5.20. The number of aliphatic hydroxyl groups excluding tert-OH is 1. The molecule has 1 rings (SSSR count). The van der Waals surface area contributed by atoms with Crippen LogP contribution in [0.15, 0.2) is 0 Å². The molecule has 0 aliphatic carbocycles. The van der Waals surface area contributed by atoms with Crippen molar-refractivity contribution in [3.05, 3.63) is 0 Å². The van der Waals surface area contributed by atoms with Crippen molar-refractivity contribution >= 4 is 11.8 Å². The van der Waals surface area contributed by atoms with Crippen molar-refractivity contribution in [2.24, 2.45) is 5.92 Å². The van der Waals surface area contributed by atoms with Gasteiger partial charge in [-0.1, -0.05) is 13.8 Å². The summed E-state index contributed by atoms with van der Waals surface area (Å²) in [4.78, 5) is 0. The molecule has 1 heterocycles. The van der Waals surface area contributed by atoms with Gasteiger partial charge in [0.05, 0.1) is 25.4 Å². The SMILES string of the molecule is CC(C)CSCC(C)NC1COCC1O. The summed E-state index contributed by atoms with van der Waals surface area (Å²) in [7, 11) is 0. The van der Waals surface area contributed by atoms with Gasteiger partial charge in [0.1, 0.15) is 0 Å². The second kappa shape index (κ2) is 6.74. The second-order valence-corrected chi connectivity index (χ2v) is 5.79. The number of aliphatic hydroxyl groups is 1. The van der Waals surface area contributed by atoms with Crippen molar-refractivity contribution in [1.29, 1.82) is 0 Å². The highest BCUT2D eigenvalue weighted by molar-refractivity contribution is 7.99. The molecule has 4 heteroatoms. The van der Waals surface area contributed by atoms with Gasteiger partial charge in [-0.15, -0.1) is 0 Å². The van der Waals surface area contributed by atoms with Crippen LogP contribution in [0.1, 0.15) is 20.8 Å². The van der Waals surface area contributed by atoms with Crippen LogP contribution in [0, 0.1) is 5.92 Å². The largest absolute Gasteiger partial charge is 0.389 e. The van der Waals surface area contributed by atoms with Gasteiger partial charge < -0.3 is 15.2 Å². The quantitative estimate of drug-likeness (QED) is 0.721. The van der Waals surface area contributed by atoms with Gasteiger partial charge in [-0.25, -0.2) is 0 Å². The van der Waals surface area contributed by atoms with Gasteiger partial charge in [-0.05, 0) is 18.6 Å². The lowest BCUT2D eigenvalue weighted by molar-refractivity contribution is 0.121. The molecule has 0 saturated carbocycles. The van der Waals surface area contributed by atoms with Gasteiger partial charge in [-0.2, -0.15) is 11.8 Å². The summed E-state index contributed by atoms with van der Waals surface area (Å²) in [5.74, 6) is 3.06. The van der Waals surface area contributed by atoms with Crippen molar-refractivity contribution in [1.82, 2.24) is 5.32 Å². The minimum atomic E-state index is -0.331. The van der Waals surface area contributed by atoms with Crippen LogP contribution in [-0.4, -0.2) is 48.0 Å². The van der Waals surface area contributed by atoms with E-state index in [2.05, 4.69) is 26.1 Å². The fourth-order valence-corrected chi connectivity index (χ4v) is 2.65. The van der Waals surface area contributed by atoms with E-state index in [9.17, 15) is 5.11 Å². The van der Waals surface area contributed by atoms with E-state index < -0.39 is 0 Å². The van der Waals surface area contributed by atoms with Crippen LogP contribution >= 0.6 is 11.8 Å². The van der Waals surface area contributed by atoms with E-state index in [1.165, 1.54) is 5.75 Å². The molecule has 0 spiro atoms. The first-order valence-electron chi connectivity index (χ1n) is 5.69. The Balaban J connectivity index is 2.09. The Kier molecular flexibility index (Phi) is 5.97. The van der Waals surface area contributed by atoms with E-state index in [1.54, 1.807) is 0 Å². The maximum absolute atomic E-state index is 9.56. The van der Waals surface area contributed by atoms with E-state index in [0.29, 0.717) is 19.3 Å². The molecule has 2 N–H and O–H groups in total. The smallest absolute Gasteiger partial charge is 0.0948 e. The van der Waals surface area contributed by atoms with Crippen molar-refractivity contribution in [3.8, 4) is 0 Å². The molecule has 0 radical (unpaired) electrons. The number of hydrogen-bond donors (Lipinski definition) is 2. The lowest BCUT2D eigenvalue weighted by atomic mass is 10.2. The molecule has 0 bridgehead atoms. The first kappa shape index (κ1) is 13.3. The Bertz CT molecular complexity index is 178. The summed E-state index contributed by atoms with van der Waals surface area (Å²) in [6.07, 6.45) is -0.331. The fraction of sp³-hybridized carbons (Fsp3) is 1.00. The molecule has 15 heavy (non-hydrogen) atoms. The molecule has 1 aliphatic heterocycles. The van der Waals surface area contributed by atoms with Gasteiger partial charge in [0, 0.05) is 11.8 Å². The van der Waals surface area contributed by atoms with Crippen LogP contribution in [0.4, 0.5) is 0 Å². The first-order valence-corrected chi connectivity index (χ1v) is 6.84. The lowest BCUT2D eigenvalue weighted by Crippen LogP contribution is -2.44. The average molecular weight is 233 g/mol. The summed E-state index contributed by atoms with van der Waals surface area (Å²) in [6.45, 7) is 7.75. The minimum absolute atomic E-state index is 0.125. The maximum atomic E-state index is 9.56. The van der Waals surface area contributed by atoms with Gasteiger partial charge in [0.2, 0.25) is 0 Å². The maximum Gasteiger partial charge on any atom is 0.0948 e. The molecule has 1 fully saturated rings. The normalized spacial score (nSPS) is 28.6. The molecular weight excluding hydrogens is 210 g/mol. The van der Waals surface area contributed by atoms with Crippen LogP contribution in [-0.2, 0) is 4.74 Å². The lowest BCUT2D eigenvalue weighted by Gasteiger charge is -2.20. The summed E-state index contributed by atoms with van der Waals surface area (Å²) < 4.78 is 5.19. The highest BCUT2D eigenvalue weighted by atomic mass is 32.2. The molecule has 0 aromatic rings. The summed E-state index contributed by atoms with van der Waals surface area (Å²) in [5, 5.41) is 13.0. The zero-order chi connectivity index (χ0) is 11.3. The summed E-state index contributed by atoms with van der Waals surface area (Å²) >= 11 is 1.97. The number of nitrogens with one attached hydrogen (secondary N) is 1. The highest BCUT2D eigenvalue weighted by Crippen LogP contribution is 2.11. The molecule has 0 aromatic heterocycles. The van der Waals surface area contributed by atoms with Gasteiger partial charge in [0.25, 0.3) is 0 Å². The zero-order valence-electron chi connectivity index (χ0n) is 9.90. The van der Waals surface area contributed by atoms with Crippen molar-refractivity contribution < 1.29 is 9.84 Å². The number of rotatable bonds is 6. The van der Waals surface area contributed by atoms with Crippen LogP contribution in [0.3, 0.4) is 0 Å². The first-order chi connectivity index (χ1) is 7.09. The zero-order valence-corrected chi connectivity index (χ0v) is 10.7. The second-order valence-electron chi connectivity index (χ2n) is 4.71. The standard InChI is InChI=1S/C11H23NO2S/c1-8(2)6-15-7-9(3)12-10-4-14-5-11(10)13/h8-13H,4-7H2,1-3H3. The molecule has 0 amide bonds. The van der Waals surface area contributed by atoms with Crippen LogP contribution < -0.4 is 5.32 Å². The van der Waals surface area contributed by atoms with E-state index in [4.69, 9.17) is 4.74 Å². The fourth-order valence-electron chi connectivity index (χ4n) is 1.60. The molecule has 3 atom stereocenters. The Hall–Kier alpha value is 0.230. The van der Waals surface area contributed by atoms with Crippen LogP contribution in [0.5, 0.6) is 0 Å².